The molecule has 5 rings (SSSR count). The predicted octanol–water partition coefficient (Wildman–Crippen LogP) is 5.69. The monoisotopic (exact) mass is 442 g/mol. The number of imide groups is 1. The van der Waals surface area contributed by atoms with Gasteiger partial charge in [0.25, 0.3) is 11.8 Å². The number of benzene rings is 3. The molecular formula is C27H23ClN2O2. The molecule has 0 radical (unpaired) electrons. The summed E-state index contributed by atoms with van der Waals surface area (Å²) in [4.78, 5) is 31.0. The molecule has 5 heteroatoms. The lowest BCUT2D eigenvalue weighted by Gasteiger charge is -2.32. The number of fused-ring (bicyclic) bond motifs is 1. The van der Waals surface area contributed by atoms with E-state index in [1.165, 1.54) is 10.5 Å². The molecule has 2 amide bonds. The van der Waals surface area contributed by atoms with Crippen molar-refractivity contribution < 1.29 is 9.59 Å². The van der Waals surface area contributed by atoms with Gasteiger partial charge in [-0.1, -0.05) is 48.0 Å². The lowest BCUT2D eigenvalue weighted by atomic mass is 9.98. The highest BCUT2D eigenvalue weighted by atomic mass is 35.5. The van der Waals surface area contributed by atoms with Gasteiger partial charge in [-0.2, -0.15) is 0 Å². The number of hydrogen-bond donors (Lipinski definition) is 0. The quantitative estimate of drug-likeness (QED) is 0.489. The zero-order valence-electron chi connectivity index (χ0n) is 18.1. The van der Waals surface area contributed by atoms with E-state index in [9.17, 15) is 9.59 Å². The van der Waals surface area contributed by atoms with E-state index in [1.807, 2.05) is 67.3 Å². The standard InChI is InChI=1S/C27H23ClN2O2/c1-17-14-18(2)16-22(15-17)30-26(31)24(20-9-11-21(28)12-10-20)25(27(30)32)29-13-5-7-19-6-3-4-8-23(19)29/h3-4,6,8-12,14-16H,5,7,13H2,1-2H3. The van der Waals surface area contributed by atoms with Crippen molar-refractivity contribution in [2.75, 3.05) is 16.3 Å². The minimum absolute atomic E-state index is 0.290. The minimum Gasteiger partial charge on any atom is -0.336 e. The Labute approximate surface area is 192 Å². The molecular weight excluding hydrogens is 420 g/mol. The molecule has 32 heavy (non-hydrogen) atoms. The molecule has 0 aliphatic carbocycles. The molecule has 0 atom stereocenters. The number of rotatable bonds is 3. The molecule has 0 N–H and O–H groups in total. The Kier molecular flexibility index (Phi) is 5.10. The van der Waals surface area contributed by atoms with Gasteiger partial charge in [-0.05, 0) is 79.3 Å². The van der Waals surface area contributed by atoms with Gasteiger partial charge in [0.15, 0.2) is 0 Å². The number of anilines is 2. The third kappa shape index (κ3) is 3.41. The topological polar surface area (TPSA) is 40.6 Å². The summed E-state index contributed by atoms with van der Waals surface area (Å²) in [6.07, 6.45) is 1.87. The van der Waals surface area contributed by atoms with Gasteiger partial charge in [-0.25, -0.2) is 4.90 Å². The molecule has 4 nitrogen and oxygen atoms in total. The molecule has 3 aromatic rings. The number of para-hydroxylation sites is 1. The maximum absolute atomic E-state index is 13.9. The highest BCUT2D eigenvalue weighted by Crippen LogP contribution is 2.40. The molecule has 0 fully saturated rings. The van der Waals surface area contributed by atoms with E-state index in [1.54, 1.807) is 12.1 Å². The fraction of sp³-hybridized carbons (Fsp3) is 0.185. The highest BCUT2D eigenvalue weighted by molar-refractivity contribution is 6.46. The number of halogens is 1. The molecule has 0 saturated heterocycles. The Morgan fingerprint density at radius 3 is 2.25 bits per heavy atom. The summed E-state index contributed by atoms with van der Waals surface area (Å²) < 4.78 is 0. The highest BCUT2D eigenvalue weighted by Gasteiger charge is 2.43. The van der Waals surface area contributed by atoms with Crippen LogP contribution in [0.3, 0.4) is 0 Å². The number of amides is 2. The van der Waals surface area contributed by atoms with Crippen LogP contribution in [0.15, 0.2) is 72.4 Å². The van der Waals surface area contributed by atoms with Gasteiger partial charge < -0.3 is 4.90 Å². The van der Waals surface area contributed by atoms with Crippen molar-refractivity contribution in [3.8, 4) is 0 Å². The van der Waals surface area contributed by atoms with E-state index in [2.05, 4.69) is 6.07 Å². The van der Waals surface area contributed by atoms with Crippen LogP contribution in [0.4, 0.5) is 11.4 Å². The Morgan fingerprint density at radius 2 is 1.53 bits per heavy atom. The molecule has 0 spiro atoms. The van der Waals surface area contributed by atoms with Crippen LogP contribution in [0.2, 0.25) is 5.02 Å². The third-order valence-electron chi connectivity index (χ3n) is 6.04. The molecule has 2 aliphatic rings. The van der Waals surface area contributed by atoms with E-state index in [0.717, 1.165) is 29.7 Å². The fourth-order valence-corrected chi connectivity index (χ4v) is 4.85. The predicted molar refractivity (Wildman–Crippen MR) is 129 cm³/mol. The van der Waals surface area contributed by atoms with Gasteiger partial charge in [0, 0.05) is 17.3 Å². The van der Waals surface area contributed by atoms with Gasteiger partial charge in [-0.3, -0.25) is 9.59 Å². The summed E-state index contributed by atoms with van der Waals surface area (Å²) in [5, 5.41) is 0.585. The molecule has 0 aromatic heterocycles. The van der Waals surface area contributed by atoms with Crippen LogP contribution in [-0.2, 0) is 16.0 Å². The first-order valence-electron chi connectivity index (χ1n) is 10.8. The number of nitrogens with zero attached hydrogens (tertiary/aromatic N) is 2. The van der Waals surface area contributed by atoms with Crippen LogP contribution in [0.5, 0.6) is 0 Å². The number of aryl methyl sites for hydroxylation is 3. The smallest absolute Gasteiger partial charge is 0.282 e. The second-order valence-electron chi connectivity index (χ2n) is 8.41. The molecule has 0 unspecified atom stereocenters. The van der Waals surface area contributed by atoms with Gasteiger partial charge in [0.05, 0.1) is 11.3 Å². The fourth-order valence-electron chi connectivity index (χ4n) is 4.73. The first-order valence-corrected chi connectivity index (χ1v) is 11.1. The van der Waals surface area contributed by atoms with E-state index >= 15 is 0 Å². The number of carbonyl (C=O) groups excluding carboxylic acids is 2. The summed E-state index contributed by atoms with van der Waals surface area (Å²) in [7, 11) is 0. The Hall–Kier alpha value is -3.37. The Balaban J connectivity index is 1.71. The van der Waals surface area contributed by atoms with Crippen molar-refractivity contribution in [3.05, 3.63) is 99.7 Å². The molecule has 0 bridgehead atoms. The van der Waals surface area contributed by atoms with E-state index in [4.69, 9.17) is 11.6 Å². The minimum atomic E-state index is -0.305. The van der Waals surface area contributed by atoms with Crippen LogP contribution >= 0.6 is 11.6 Å². The maximum atomic E-state index is 13.9. The van der Waals surface area contributed by atoms with E-state index < -0.39 is 0 Å². The van der Waals surface area contributed by atoms with Crippen LogP contribution in [-0.4, -0.2) is 18.4 Å². The van der Waals surface area contributed by atoms with E-state index in [0.29, 0.717) is 34.1 Å². The lowest BCUT2D eigenvalue weighted by molar-refractivity contribution is -0.120. The van der Waals surface area contributed by atoms with Crippen molar-refractivity contribution in [1.29, 1.82) is 0 Å². The Bertz CT molecular complexity index is 1260. The molecule has 160 valence electrons. The van der Waals surface area contributed by atoms with Crippen molar-refractivity contribution in [2.45, 2.75) is 26.7 Å². The third-order valence-corrected chi connectivity index (χ3v) is 6.29. The first kappa shape index (κ1) is 20.5. The number of hydrogen-bond acceptors (Lipinski definition) is 3. The van der Waals surface area contributed by atoms with Crippen molar-refractivity contribution in [3.63, 3.8) is 0 Å². The van der Waals surface area contributed by atoms with Gasteiger partial charge in [-0.15, -0.1) is 0 Å². The molecule has 3 aromatic carbocycles. The van der Waals surface area contributed by atoms with Crippen molar-refractivity contribution in [2.24, 2.45) is 0 Å². The van der Waals surface area contributed by atoms with Crippen LogP contribution < -0.4 is 9.80 Å². The molecule has 2 heterocycles. The first-order chi connectivity index (χ1) is 15.4. The van der Waals surface area contributed by atoms with Gasteiger partial charge >= 0.3 is 0 Å². The largest absolute Gasteiger partial charge is 0.336 e. The maximum Gasteiger partial charge on any atom is 0.282 e. The van der Waals surface area contributed by atoms with Crippen molar-refractivity contribution in [1.82, 2.24) is 0 Å². The normalized spacial score (nSPS) is 16.1. The SMILES string of the molecule is Cc1cc(C)cc(N2C(=O)C(c3ccc(Cl)cc3)=C(N3CCCc4ccccc43)C2=O)c1. The van der Waals surface area contributed by atoms with Gasteiger partial charge in [0.1, 0.15) is 5.70 Å². The summed E-state index contributed by atoms with van der Waals surface area (Å²) >= 11 is 6.11. The zero-order chi connectivity index (χ0) is 22.4. The second-order valence-corrected chi connectivity index (χ2v) is 8.84. The summed E-state index contributed by atoms with van der Waals surface area (Å²) in [6, 6.07) is 21.0. The van der Waals surface area contributed by atoms with Crippen molar-refractivity contribution >= 4 is 40.4 Å². The Morgan fingerprint density at radius 1 is 0.844 bits per heavy atom. The summed E-state index contributed by atoms with van der Waals surface area (Å²) in [5.74, 6) is -0.595. The van der Waals surface area contributed by atoms with Gasteiger partial charge in [0.2, 0.25) is 0 Å². The summed E-state index contributed by atoms with van der Waals surface area (Å²) in [5.41, 5.74) is 6.33. The average molecular weight is 443 g/mol. The van der Waals surface area contributed by atoms with E-state index in [-0.39, 0.29) is 11.8 Å². The number of carbonyl (C=O) groups is 2. The lowest BCUT2D eigenvalue weighted by Crippen LogP contribution is -2.37. The zero-order valence-corrected chi connectivity index (χ0v) is 18.8. The van der Waals surface area contributed by atoms with Crippen LogP contribution in [0.1, 0.15) is 28.7 Å². The molecule has 0 saturated carbocycles. The molecule has 2 aliphatic heterocycles. The second kappa shape index (κ2) is 7.95. The average Bonchev–Trinajstić information content (AvgIpc) is 3.03. The van der Waals surface area contributed by atoms with Crippen LogP contribution in [0.25, 0.3) is 5.57 Å². The van der Waals surface area contributed by atoms with Crippen LogP contribution in [0, 0.1) is 13.8 Å². The summed E-state index contributed by atoms with van der Waals surface area (Å²) in [6.45, 7) is 4.62.